The molecule has 0 aromatic heterocycles. The average molecular weight is 309 g/mol. The number of fused-ring (bicyclic) bond motifs is 1. The Labute approximate surface area is 126 Å². The number of nitrogens with one attached hydrogen (secondary N) is 1. The number of sulfonamides is 1. The van der Waals surface area contributed by atoms with Crippen molar-refractivity contribution in [3.05, 3.63) is 24.3 Å². The molecule has 2 unspecified atom stereocenters. The molecule has 1 aliphatic carbocycles. The lowest BCUT2D eigenvalue weighted by molar-refractivity contribution is 0.136. The van der Waals surface area contributed by atoms with Crippen LogP contribution in [0.1, 0.15) is 32.1 Å². The lowest BCUT2D eigenvalue weighted by atomic mass is 9.76. The van der Waals surface area contributed by atoms with Crippen molar-refractivity contribution in [1.82, 2.24) is 4.31 Å². The predicted octanol–water partition coefficient (Wildman–Crippen LogP) is 2.17. The zero-order valence-corrected chi connectivity index (χ0v) is 13.0. The van der Waals surface area contributed by atoms with Crippen LogP contribution in [0.3, 0.4) is 0 Å². The number of hydrogen-bond donors (Lipinski definition) is 2. The maximum Gasteiger partial charge on any atom is 0.245 e. The highest BCUT2D eigenvalue weighted by atomic mass is 32.2. The topological polar surface area (TPSA) is 75.4 Å². The van der Waals surface area contributed by atoms with E-state index in [4.69, 9.17) is 5.84 Å². The largest absolute Gasteiger partial charge is 0.323 e. The Balaban J connectivity index is 1.85. The van der Waals surface area contributed by atoms with Crippen molar-refractivity contribution >= 4 is 15.7 Å². The van der Waals surface area contributed by atoms with Crippen molar-refractivity contribution in [3.8, 4) is 0 Å². The van der Waals surface area contributed by atoms with E-state index >= 15 is 0 Å². The second kappa shape index (κ2) is 5.94. The van der Waals surface area contributed by atoms with E-state index in [0.717, 1.165) is 12.8 Å². The summed E-state index contributed by atoms with van der Waals surface area (Å²) >= 11 is 0. The fourth-order valence-electron chi connectivity index (χ4n) is 3.74. The number of hydrogen-bond acceptors (Lipinski definition) is 4. The van der Waals surface area contributed by atoms with Crippen LogP contribution < -0.4 is 11.3 Å². The second-order valence-corrected chi connectivity index (χ2v) is 8.00. The first-order valence-electron chi connectivity index (χ1n) is 7.68. The second-order valence-electron chi connectivity index (χ2n) is 6.10. The number of nitrogens with zero attached hydrogens (tertiary/aromatic N) is 1. The van der Waals surface area contributed by atoms with Crippen molar-refractivity contribution < 1.29 is 8.42 Å². The maximum absolute atomic E-state index is 12.9. The van der Waals surface area contributed by atoms with Crippen LogP contribution in [0.15, 0.2) is 29.2 Å². The van der Waals surface area contributed by atoms with Gasteiger partial charge in [-0.25, -0.2) is 8.42 Å². The molecule has 116 valence electrons. The van der Waals surface area contributed by atoms with Crippen LogP contribution in [0.5, 0.6) is 0 Å². The molecule has 0 radical (unpaired) electrons. The summed E-state index contributed by atoms with van der Waals surface area (Å²) in [6.45, 7) is 1.29. The summed E-state index contributed by atoms with van der Waals surface area (Å²) < 4.78 is 27.4. The standard InChI is InChI=1S/C15H23N3O2S/c16-17-14-7-3-4-8-15(14)21(19,20)18-10-9-12-5-1-2-6-13(12)11-18/h3-4,7-8,12-13,17H,1-2,5-6,9-11,16H2. The summed E-state index contributed by atoms with van der Waals surface area (Å²) in [6.07, 6.45) is 5.94. The Bertz CT molecular complexity index is 603. The summed E-state index contributed by atoms with van der Waals surface area (Å²) in [4.78, 5) is 0.279. The summed E-state index contributed by atoms with van der Waals surface area (Å²) in [5.74, 6) is 6.69. The Hall–Kier alpha value is -1.11. The zero-order valence-electron chi connectivity index (χ0n) is 12.2. The highest BCUT2D eigenvalue weighted by Crippen LogP contribution is 2.38. The van der Waals surface area contributed by atoms with Gasteiger partial charge in [0.25, 0.3) is 0 Å². The van der Waals surface area contributed by atoms with Gasteiger partial charge in [0.1, 0.15) is 4.90 Å². The Kier molecular flexibility index (Phi) is 4.19. The first kappa shape index (κ1) is 14.8. The molecule has 1 aliphatic heterocycles. The smallest absolute Gasteiger partial charge is 0.245 e. The van der Waals surface area contributed by atoms with E-state index in [1.54, 1.807) is 28.6 Å². The van der Waals surface area contributed by atoms with Gasteiger partial charge in [-0.2, -0.15) is 4.31 Å². The van der Waals surface area contributed by atoms with Crippen molar-refractivity contribution in [3.63, 3.8) is 0 Å². The molecular weight excluding hydrogens is 286 g/mol. The molecule has 2 atom stereocenters. The third-order valence-electron chi connectivity index (χ3n) is 4.91. The van der Waals surface area contributed by atoms with E-state index < -0.39 is 10.0 Å². The molecule has 2 aliphatic rings. The van der Waals surface area contributed by atoms with Gasteiger partial charge in [-0.15, -0.1) is 0 Å². The molecule has 1 saturated heterocycles. The number of anilines is 1. The molecule has 0 spiro atoms. The van der Waals surface area contributed by atoms with Gasteiger partial charge < -0.3 is 5.43 Å². The normalized spacial score (nSPS) is 27.1. The van der Waals surface area contributed by atoms with Gasteiger partial charge in [0, 0.05) is 13.1 Å². The number of benzene rings is 1. The van der Waals surface area contributed by atoms with Crippen molar-refractivity contribution in [1.29, 1.82) is 0 Å². The molecule has 3 rings (SSSR count). The summed E-state index contributed by atoms with van der Waals surface area (Å²) in [6, 6.07) is 6.83. The van der Waals surface area contributed by atoms with Gasteiger partial charge in [-0.05, 0) is 36.8 Å². The van der Waals surface area contributed by atoms with E-state index in [1.807, 2.05) is 0 Å². The Morgan fingerprint density at radius 2 is 1.81 bits per heavy atom. The van der Waals surface area contributed by atoms with Crippen LogP contribution in [-0.4, -0.2) is 25.8 Å². The SMILES string of the molecule is NNc1ccccc1S(=O)(=O)N1CCC2CCCCC2C1. The summed E-state index contributed by atoms with van der Waals surface area (Å²) in [5, 5.41) is 0. The van der Waals surface area contributed by atoms with E-state index in [-0.39, 0.29) is 4.90 Å². The molecular formula is C15H23N3O2S. The minimum atomic E-state index is -3.46. The lowest BCUT2D eigenvalue weighted by Crippen LogP contribution is -2.44. The molecule has 2 fully saturated rings. The van der Waals surface area contributed by atoms with Crippen molar-refractivity contribution in [2.75, 3.05) is 18.5 Å². The fraction of sp³-hybridized carbons (Fsp3) is 0.600. The van der Waals surface area contributed by atoms with Crippen molar-refractivity contribution in [2.24, 2.45) is 17.7 Å². The van der Waals surface area contributed by atoms with E-state index in [9.17, 15) is 8.42 Å². The molecule has 1 aromatic carbocycles. The number of hydrazine groups is 1. The van der Waals surface area contributed by atoms with E-state index in [0.29, 0.717) is 30.6 Å². The molecule has 1 saturated carbocycles. The van der Waals surface area contributed by atoms with E-state index in [1.165, 1.54) is 19.3 Å². The quantitative estimate of drug-likeness (QED) is 0.663. The van der Waals surface area contributed by atoms with Crippen LogP contribution in [0.4, 0.5) is 5.69 Å². The fourth-order valence-corrected chi connectivity index (χ4v) is 5.40. The molecule has 5 nitrogen and oxygen atoms in total. The number of para-hydroxylation sites is 1. The molecule has 0 bridgehead atoms. The predicted molar refractivity (Wildman–Crippen MR) is 83.1 cm³/mol. The molecule has 0 amide bonds. The van der Waals surface area contributed by atoms with Crippen LogP contribution >= 0.6 is 0 Å². The van der Waals surface area contributed by atoms with Gasteiger partial charge >= 0.3 is 0 Å². The Morgan fingerprint density at radius 1 is 1.10 bits per heavy atom. The lowest BCUT2D eigenvalue weighted by Gasteiger charge is -2.40. The third-order valence-corrected chi connectivity index (χ3v) is 6.84. The monoisotopic (exact) mass is 309 g/mol. The average Bonchev–Trinajstić information content (AvgIpc) is 2.54. The summed E-state index contributed by atoms with van der Waals surface area (Å²) in [7, 11) is -3.46. The Morgan fingerprint density at radius 3 is 2.57 bits per heavy atom. The first-order chi connectivity index (χ1) is 10.1. The number of nitrogen functional groups attached to an aromatic ring is 1. The molecule has 21 heavy (non-hydrogen) atoms. The molecule has 3 N–H and O–H groups in total. The minimum absolute atomic E-state index is 0.279. The van der Waals surface area contributed by atoms with E-state index in [2.05, 4.69) is 5.43 Å². The van der Waals surface area contributed by atoms with Gasteiger partial charge in [0.2, 0.25) is 10.0 Å². The maximum atomic E-state index is 12.9. The highest BCUT2D eigenvalue weighted by Gasteiger charge is 2.37. The number of rotatable bonds is 3. The van der Waals surface area contributed by atoms with Crippen LogP contribution in [0.25, 0.3) is 0 Å². The van der Waals surface area contributed by atoms with Crippen LogP contribution in [0.2, 0.25) is 0 Å². The highest BCUT2D eigenvalue weighted by molar-refractivity contribution is 7.89. The van der Waals surface area contributed by atoms with Crippen molar-refractivity contribution in [2.45, 2.75) is 37.0 Å². The van der Waals surface area contributed by atoms with Gasteiger partial charge in [-0.1, -0.05) is 31.4 Å². The molecule has 6 heteroatoms. The number of piperidine rings is 1. The first-order valence-corrected chi connectivity index (χ1v) is 9.12. The minimum Gasteiger partial charge on any atom is -0.323 e. The molecule has 1 aromatic rings. The van der Waals surface area contributed by atoms with Crippen LogP contribution in [0, 0.1) is 11.8 Å². The van der Waals surface area contributed by atoms with Gasteiger partial charge in [-0.3, -0.25) is 5.84 Å². The number of nitrogens with two attached hydrogens (primary N) is 1. The molecule has 1 heterocycles. The zero-order chi connectivity index (χ0) is 14.9. The van der Waals surface area contributed by atoms with Gasteiger partial charge in [0.15, 0.2) is 0 Å². The van der Waals surface area contributed by atoms with Crippen LogP contribution in [-0.2, 0) is 10.0 Å². The van der Waals surface area contributed by atoms with Gasteiger partial charge in [0.05, 0.1) is 5.69 Å². The summed E-state index contributed by atoms with van der Waals surface area (Å²) in [5.41, 5.74) is 2.95. The third kappa shape index (κ3) is 2.80.